The molecule has 0 radical (unpaired) electrons. The minimum atomic E-state index is 0.223. The molecule has 0 unspecified atom stereocenters. The van der Waals surface area contributed by atoms with Gasteiger partial charge in [0.05, 0.1) is 12.0 Å². The lowest BCUT2D eigenvalue weighted by atomic mass is 10.2. The topological polar surface area (TPSA) is 9.23 Å². The van der Waals surface area contributed by atoms with Crippen molar-refractivity contribution in [2.75, 3.05) is 7.11 Å². The van der Waals surface area contributed by atoms with Gasteiger partial charge in [0, 0.05) is 4.75 Å². The molecule has 1 rings (SSSR count). The molecule has 78 valence electrons. The first-order valence-electron chi connectivity index (χ1n) is 4.76. The van der Waals surface area contributed by atoms with Crippen LogP contribution in [-0.2, 0) is 0 Å². The van der Waals surface area contributed by atoms with E-state index in [1.54, 1.807) is 7.11 Å². The molecule has 2 heteroatoms. The lowest BCUT2D eigenvalue weighted by Crippen LogP contribution is -2.07. The first kappa shape index (κ1) is 11.4. The van der Waals surface area contributed by atoms with Gasteiger partial charge in [-0.3, -0.25) is 0 Å². The Morgan fingerprint density at radius 2 is 1.86 bits per heavy atom. The number of methoxy groups -OCH3 is 1. The molecule has 0 heterocycles. The van der Waals surface area contributed by atoms with Crippen LogP contribution in [0.5, 0.6) is 5.75 Å². The molecule has 0 aliphatic heterocycles. The number of aryl methyl sites for hydroxylation is 1. The van der Waals surface area contributed by atoms with Gasteiger partial charge in [-0.15, -0.1) is 11.8 Å². The molecule has 1 aromatic carbocycles. The normalized spacial score (nSPS) is 11.5. The summed E-state index contributed by atoms with van der Waals surface area (Å²) < 4.78 is 5.55. The molecule has 0 fully saturated rings. The Morgan fingerprint density at radius 3 is 2.36 bits per heavy atom. The Morgan fingerprint density at radius 1 is 1.21 bits per heavy atom. The SMILES string of the molecule is COc1ccc(C)cc1SC(C)(C)C. The minimum Gasteiger partial charge on any atom is -0.496 e. The second kappa shape index (κ2) is 4.26. The Kier molecular flexibility index (Phi) is 3.48. The van der Waals surface area contributed by atoms with Crippen molar-refractivity contribution in [3.05, 3.63) is 23.8 Å². The van der Waals surface area contributed by atoms with Gasteiger partial charge in [0.15, 0.2) is 0 Å². The van der Waals surface area contributed by atoms with E-state index in [1.807, 2.05) is 17.8 Å². The molecule has 0 N–H and O–H groups in total. The van der Waals surface area contributed by atoms with Crippen molar-refractivity contribution in [2.45, 2.75) is 37.3 Å². The van der Waals surface area contributed by atoms with E-state index >= 15 is 0 Å². The zero-order valence-electron chi connectivity index (χ0n) is 9.55. The van der Waals surface area contributed by atoms with E-state index in [9.17, 15) is 0 Å². The second-order valence-corrected chi connectivity index (χ2v) is 6.24. The number of benzene rings is 1. The first-order valence-corrected chi connectivity index (χ1v) is 5.58. The molecule has 1 nitrogen and oxygen atoms in total. The van der Waals surface area contributed by atoms with Crippen LogP contribution in [0.3, 0.4) is 0 Å². The molecule has 0 saturated carbocycles. The van der Waals surface area contributed by atoms with Gasteiger partial charge >= 0.3 is 0 Å². The van der Waals surface area contributed by atoms with Crippen LogP contribution >= 0.6 is 11.8 Å². The van der Waals surface area contributed by atoms with Gasteiger partial charge in [-0.05, 0) is 24.6 Å². The van der Waals surface area contributed by atoms with Gasteiger partial charge in [-0.25, -0.2) is 0 Å². The first-order chi connectivity index (χ1) is 6.42. The maximum Gasteiger partial charge on any atom is 0.132 e. The van der Waals surface area contributed by atoms with Crippen molar-refractivity contribution in [2.24, 2.45) is 0 Å². The van der Waals surface area contributed by atoms with Gasteiger partial charge in [-0.2, -0.15) is 0 Å². The van der Waals surface area contributed by atoms with Crippen LogP contribution in [0.4, 0.5) is 0 Å². The Hall–Kier alpha value is -0.630. The Balaban J connectivity index is 2.99. The Labute approximate surface area is 90.9 Å². The molecule has 0 atom stereocenters. The highest BCUT2D eigenvalue weighted by atomic mass is 32.2. The molecule has 0 amide bonds. The Bertz CT molecular complexity index is 313. The van der Waals surface area contributed by atoms with Gasteiger partial charge < -0.3 is 4.74 Å². The predicted octanol–water partition coefficient (Wildman–Crippen LogP) is 3.89. The molecular weight excluding hydrogens is 192 g/mol. The van der Waals surface area contributed by atoms with Gasteiger partial charge in [0.1, 0.15) is 5.75 Å². The number of hydrogen-bond donors (Lipinski definition) is 0. The standard InChI is InChI=1S/C12H18OS/c1-9-6-7-10(13-5)11(8-9)14-12(2,3)4/h6-8H,1-5H3. The highest BCUT2D eigenvalue weighted by molar-refractivity contribution is 8.00. The highest BCUT2D eigenvalue weighted by Crippen LogP contribution is 2.38. The van der Waals surface area contributed by atoms with Crippen molar-refractivity contribution >= 4 is 11.8 Å². The lowest BCUT2D eigenvalue weighted by Gasteiger charge is -2.19. The largest absolute Gasteiger partial charge is 0.496 e. The van der Waals surface area contributed by atoms with Crippen molar-refractivity contribution in [1.82, 2.24) is 0 Å². The molecule has 1 aromatic rings. The summed E-state index contributed by atoms with van der Waals surface area (Å²) in [5.74, 6) is 0.968. The smallest absolute Gasteiger partial charge is 0.132 e. The molecule has 0 aliphatic carbocycles. The third-order valence-electron chi connectivity index (χ3n) is 1.74. The zero-order chi connectivity index (χ0) is 10.8. The van der Waals surface area contributed by atoms with Gasteiger partial charge in [0.25, 0.3) is 0 Å². The van der Waals surface area contributed by atoms with Crippen LogP contribution in [-0.4, -0.2) is 11.9 Å². The van der Waals surface area contributed by atoms with Crippen LogP contribution in [0.2, 0.25) is 0 Å². The molecular formula is C12H18OS. The summed E-state index contributed by atoms with van der Waals surface area (Å²) in [5, 5.41) is 0. The summed E-state index contributed by atoms with van der Waals surface area (Å²) in [5.41, 5.74) is 1.28. The van der Waals surface area contributed by atoms with Gasteiger partial charge in [-0.1, -0.05) is 26.8 Å². The summed E-state index contributed by atoms with van der Waals surface area (Å²) in [4.78, 5) is 1.22. The lowest BCUT2D eigenvalue weighted by molar-refractivity contribution is 0.404. The average molecular weight is 210 g/mol. The van der Waals surface area contributed by atoms with Crippen LogP contribution in [0, 0.1) is 6.92 Å². The summed E-state index contributed by atoms with van der Waals surface area (Å²) >= 11 is 1.84. The maximum atomic E-state index is 5.33. The molecule has 14 heavy (non-hydrogen) atoms. The van der Waals surface area contributed by atoms with Crippen molar-refractivity contribution in [3.8, 4) is 5.75 Å². The molecule has 0 aromatic heterocycles. The fraction of sp³-hybridized carbons (Fsp3) is 0.500. The maximum absolute atomic E-state index is 5.33. The quantitative estimate of drug-likeness (QED) is 0.685. The van der Waals surface area contributed by atoms with Crippen LogP contribution < -0.4 is 4.74 Å². The predicted molar refractivity (Wildman–Crippen MR) is 63.3 cm³/mol. The number of thioether (sulfide) groups is 1. The van der Waals surface area contributed by atoms with Crippen molar-refractivity contribution < 1.29 is 4.74 Å². The average Bonchev–Trinajstić information content (AvgIpc) is 2.01. The summed E-state index contributed by atoms with van der Waals surface area (Å²) in [6.45, 7) is 8.73. The zero-order valence-corrected chi connectivity index (χ0v) is 10.4. The molecule has 0 bridgehead atoms. The van der Waals surface area contributed by atoms with E-state index in [2.05, 4.69) is 39.8 Å². The molecule has 0 spiro atoms. The number of hydrogen-bond acceptors (Lipinski definition) is 2. The summed E-state index contributed by atoms with van der Waals surface area (Å²) in [6.07, 6.45) is 0. The fourth-order valence-corrected chi connectivity index (χ4v) is 2.35. The van der Waals surface area contributed by atoms with Crippen LogP contribution in [0.1, 0.15) is 26.3 Å². The monoisotopic (exact) mass is 210 g/mol. The van der Waals surface area contributed by atoms with E-state index in [1.165, 1.54) is 10.5 Å². The number of rotatable bonds is 2. The molecule has 0 saturated heterocycles. The molecule has 0 aliphatic rings. The minimum absolute atomic E-state index is 0.223. The van der Waals surface area contributed by atoms with Crippen molar-refractivity contribution in [3.63, 3.8) is 0 Å². The highest BCUT2D eigenvalue weighted by Gasteiger charge is 2.15. The second-order valence-electron chi connectivity index (χ2n) is 4.37. The van der Waals surface area contributed by atoms with E-state index in [-0.39, 0.29) is 4.75 Å². The van der Waals surface area contributed by atoms with E-state index in [0.29, 0.717) is 0 Å². The third kappa shape index (κ3) is 3.26. The van der Waals surface area contributed by atoms with E-state index in [4.69, 9.17) is 4.74 Å². The number of ether oxygens (including phenoxy) is 1. The fourth-order valence-electron chi connectivity index (χ4n) is 1.19. The summed E-state index contributed by atoms with van der Waals surface area (Å²) in [7, 11) is 1.72. The summed E-state index contributed by atoms with van der Waals surface area (Å²) in [6, 6.07) is 6.28. The van der Waals surface area contributed by atoms with E-state index in [0.717, 1.165) is 5.75 Å². The third-order valence-corrected chi connectivity index (χ3v) is 2.89. The van der Waals surface area contributed by atoms with Crippen molar-refractivity contribution in [1.29, 1.82) is 0 Å². The van der Waals surface area contributed by atoms with Crippen LogP contribution in [0.15, 0.2) is 23.1 Å². The van der Waals surface area contributed by atoms with Gasteiger partial charge in [0.2, 0.25) is 0 Å². The van der Waals surface area contributed by atoms with Crippen LogP contribution in [0.25, 0.3) is 0 Å². The van der Waals surface area contributed by atoms with E-state index < -0.39 is 0 Å².